The van der Waals surface area contributed by atoms with Gasteiger partial charge in [0.2, 0.25) is 0 Å². The van der Waals surface area contributed by atoms with Crippen LogP contribution in [0.1, 0.15) is 34.6 Å². The third-order valence-corrected chi connectivity index (χ3v) is 7.56. The highest BCUT2D eigenvalue weighted by Crippen LogP contribution is 2.36. The van der Waals surface area contributed by atoms with E-state index in [0.717, 1.165) is 0 Å². The third kappa shape index (κ3) is 7.08. The topological polar surface area (TPSA) is 179 Å². The number of methoxy groups -OCH3 is 1. The maximum atomic E-state index is 13.0. The first kappa shape index (κ1) is 31.4. The Morgan fingerprint density at radius 1 is 0.905 bits per heavy atom. The molecule has 0 amide bonds. The van der Waals surface area contributed by atoms with E-state index in [4.69, 9.17) is 28.4 Å². The molecule has 0 spiro atoms. The van der Waals surface area contributed by atoms with Gasteiger partial charge in [0, 0.05) is 17.9 Å². The average molecular weight is 586 g/mol. The Labute approximate surface area is 242 Å². The summed E-state index contributed by atoms with van der Waals surface area (Å²) in [6.07, 6.45) is -7.41. The van der Waals surface area contributed by atoms with Crippen molar-refractivity contribution in [1.29, 1.82) is 0 Å². The molecule has 0 aromatic heterocycles. The Balaban J connectivity index is 1.61. The van der Waals surface area contributed by atoms with Crippen LogP contribution in [0.3, 0.4) is 0 Å². The van der Waals surface area contributed by atoms with Gasteiger partial charge < -0.3 is 38.6 Å². The SMILES string of the molecule is CO[C@H]1OC(COC(=O)c2ccccc2)[C@@H](O[C@@H]2OC(CO)[C@@H](O)[C@H](C)C2OC(=O)c2ccccc2)[C@H](C)C1N=[N+]=[N-]. The lowest BCUT2D eigenvalue weighted by atomic mass is 9.88. The van der Waals surface area contributed by atoms with Gasteiger partial charge in [-0.3, -0.25) is 0 Å². The molecule has 2 aliphatic rings. The molecule has 2 fully saturated rings. The normalized spacial score (nSPS) is 32.8. The second-order valence-electron chi connectivity index (χ2n) is 10.2. The van der Waals surface area contributed by atoms with Gasteiger partial charge in [-0.05, 0) is 35.7 Å². The van der Waals surface area contributed by atoms with E-state index >= 15 is 0 Å². The van der Waals surface area contributed by atoms with Crippen molar-refractivity contribution in [2.75, 3.05) is 20.3 Å². The molecule has 0 radical (unpaired) electrons. The van der Waals surface area contributed by atoms with Crippen LogP contribution in [0.4, 0.5) is 0 Å². The first-order chi connectivity index (χ1) is 20.3. The molecule has 2 aromatic rings. The summed E-state index contributed by atoms with van der Waals surface area (Å²) in [5, 5.41) is 24.5. The molecule has 42 heavy (non-hydrogen) atoms. The van der Waals surface area contributed by atoms with Crippen LogP contribution in [-0.2, 0) is 28.4 Å². The first-order valence-corrected chi connectivity index (χ1v) is 13.6. The lowest BCUT2D eigenvalue weighted by Gasteiger charge is -2.47. The van der Waals surface area contributed by atoms with Gasteiger partial charge in [0.25, 0.3) is 0 Å². The molecule has 4 unspecified atom stereocenters. The van der Waals surface area contributed by atoms with Gasteiger partial charge >= 0.3 is 11.9 Å². The van der Waals surface area contributed by atoms with Crippen LogP contribution in [0.25, 0.3) is 10.4 Å². The molecule has 0 bridgehead atoms. The maximum absolute atomic E-state index is 13.0. The molecule has 2 heterocycles. The zero-order valence-electron chi connectivity index (χ0n) is 23.5. The summed E-state index contributed by atoms with van der Waals surface area (Å²) in [6.45, 7) is 2.63. The van der Waals surface area contributed by atoms with Crippen LogP contribution < -0.4 is 0 Å². The number of hydrogen-bond acceptors (Lipinski definition) is 11. The van der Waals surface area contributed by atoms with Crippen LogP contribution in [0.5, 0.6) is 0 Å². The van der Waals surface area contributed by atoms with Crippen molar-refractivity contribution in [3.8, 4) is 0 Å². The summed E-state index contributed by atoms with van der Waals surface area (Å²) in [5.41, 5.74) is 9.83. The number of benzene rings is 2. The fourth-order valence-corrected chi connectivity index (χ4v) is 5.14. The summed E-state index contributed by atoms with van der Waals surface area (Å²) in [4.78, 5) is 28.6. The van der Waals surface area contributed by atoms with Crippen molar-refractivity contribution in [2.24, 2.45) is 17.0 Å². The quantitative estimate of drug-likeness (QED) is 0.182. The molecule has 13 nitrogen and oxygen atoms in total. The number of rotatable bonds is 10. The lowest BCUT2D eigenvalue weighted by molar-refractivity contribution is -0.332. The van der Waals surface area contributed by atoms with Gasteiger partial charge in [-0.1, -0.05) is 55.4 Å². The van der Waals surface area contributed by atoms with Gasteiger partial charge in [0.05, 0.1) is 36.0 Å². The molecule has 4 rings (SSSR count). The van der Waals surface area contributed by atoms with Crippen molar-refractivity contribution >= 4 is 11.9 Å². The summed E-state index contributed by atoms with van der Waals surface area (Å²) >= 11 is 0. The van der Waals surface area contributed by atoms with E-state index in [1.165, 1.54) is 7.11 Å². The number of esters is 2. The standard InChI is InChI=1S/C29H35N3O10/c1-16-22(31-32-30)28(37-3)40-21(15-38-26(35)18-10-6-4-7-11-18)24(16)42-29-25(17(2)23(34)20(14-33)39-29)41-27(36)19-12-8-5-9-13-19/h4-13,16-17,20-25,28-29,33-34H,14-15H2,1-3H3/t16-,17+,20?,21?,22?,23+,24+,25?,28+,29+/m1/s1. The molecule has 2 aliphatic heterocycles. The van der Waals surface area contributed by atoms with E-state index in [0.29, 0.717) is 5.56 Å². The molecular formula is C29H35N3O10. The Bertz CT molecular complexity index is 1230. The van der Waals surface area contributed by atoms with Crippen LogP contribution in [0, 0.1) is 11.8 Å². The molecule has 2 aromatic carbocycles. The number of azide groups is 1. The van der Waals surface area contributed by atoms with Gasteiger partial charge in [0.15, 0.2) is 18.7 Å². The number of hydrogen-bond donors (Lipinski definition) is 2. The minimum absolute atomic E-state index is 0.256. The predicted octanol–water partition coefficient (Wildman–Crippen LogP) is 2.85. The summed E-state index contributed by atoms with van der Waals surface area (Å²) in [6, 6.07) is 15.9. The molecular weight excluding hydrogens is 550 g/mol. The zero-order chi connectivity index (χ0) is 30.2. The number of nitrogens with zero attached hydrogens (tertiary/aromatic N) is 3. The van der Waals surface area contributed by atoms with Gasteiger partial charge in [-0.25, -0.2) is 9.59 Å². The summed E-state index contributed by atoms with van der Waals surface area (Å²) in [7, 11) is 1.39. The Morgan fingerprint density at radius 3 is 2.07 bits per heavy atom. The lowest BCUT2D eigenvalue weighted by Crippen LogP contribution is -2.61. The van der Waals surface area contributed by atoms with Crippen LogP contribution >= 0.6 is 0 Å². The van der Waals surface area contributed by atoms with Crippen LogP contribution in [0.15, 0.2) is 65.8 Å². The van der Waals surface area contributed by atoms with Gasteiger partial charge in [-0.2, -0.15) is 0 Å². The van der Waals surface area contributed by atoms with Gasteiger partial charge in [0.1, 0.15) is 18.8 Å². The fourth-order valence-electron chi connectivity index (χ4n) is 5.14. The molecule has 13 heteroatoms. The number of ether oxygens (including phenoxy) is 6. The predicted molar refractivity (Wildman–Crippen MR) is 146 cm³/mol. The smallest absolute Gasteiger partial charge is 0.338 e. The van der Waals surface area contributed by atoms with E-state index in [-0.39, 0.29) is 12.2 Å². The highest BCUT2D eigenvalue weighted by Gasteiger charge is 2.51. The fraction of sp³-hybridized carbons (Fsp3) is 0.517. The van der Waals surface area contributed by atoms with E-state index in [1.54, 1.807) is 74.5 Å². The Kier molecular flexibility index (Phi) is 10.9. The van der Waals surface area contributed by atoms with E-state index in [2.05, 4.69) is 10.0 Å². The van der Waals surface area contributed by atoms with E-state index in [1.807, 2.05) is 0 Å². The molecule has 0 saturated carbocycles. The zero-order valence-corrected chi connectivity index (χ0v) is 23.5. The molecule has 0 aliphatic carbocycles. The third-order valence-electron chi connectivity index (χ3n) is 7.56. The molecule has 2 saturated heterocycles. The average Bonchev–Trinajstić information content (AvgIpc) is 3.02. The number of aliphatic hydroxyl groups is 2. The van der Waals surface area contributed by atoms with E-state index in [9.17, 15) is 25.3 Å². The minimum atomic E-state index is -1.28. The Morgan fingerprint density at radius 2 is 1.50 bits per heavy atom. The van der Waals surface area contributed by atoms with Crippen LogP contribution in [0.2, 0.25) is 0 Å². The molecule has 226 valence electrons. The van der Waals surface area contributed by atoms with Crippen molar-refractivity contribution in [1.82, 2.24) is 0 Å². The first-order valence-electron chi connectivity index (χ1n) is 13.6. The number of carbonyl (C=O) groups is 2. The van der Waals surface area contributed by atoms with E-state index < -0.39 is 79.5 Å². The summed E-state index contributed by atoms with van der Waals surface area (Å²) < 4.78 is 35.1. The minimum Gasteiger partial charge on any atom is -0.459 e. The molecule has 10 atom stereocenters. The van der Waals surface area contributed by atoms with Crippen molar-refractivity contribution in [3.05, 3.63) is 82.2 Å². The maximum Gasteiger partial charge on any atom is 0.338 e. The number of carbonyl (C=O) groups excluding carboxylic acids is 2. The second kappa shape index (κ2) is 14.6. The van der Waals surface area contributed by atoms with Gasteiger partial charge in [-0.15, -0.1) is 0 Å². The van der Waals surface area contributed by atoms with Crippen LogP contribution in [-0.4, -0.2) is 91.6 Å². The highest BCUT2D eigenvalue weighted by molar-refractivity contribution is 5.89. The molecule has 2 N–H and O–H groups in total. The summed E-state index contributed by atoms with van der Waals surface area (Å²) in [5.74, 6) is -2.52. The second-order valence-corrected chi connectivity index (χ2v) is 10.2. The largest absolute Gasteiger partial charge is 0.459 e. The highest BCUT2D eigenvalue weighted by atomic mass is 16.7. The monoisotopic (exact) mass is 585 g/mol. The van der Waals surface area contributed by atoms with Crippen molar-refractivity contribution in [3.63, 3.8) is 0 Å². The Hall–Kier alpha value is -3.55. The van der Waals surface area contributed by atoms with Crippen molar-refractivity contribution in [2.45, 2.75) is 63.0 Å². The van der Waals surface area contributed by atoms with Crippen molar-refractivity contribution < 1.29 is 48.2 Å². The number of aliphatic hydroxyl groups excluding tert-OH is 2.